The molecule has 0 aliphatic carbocycles. The van der Waals surface area contributed by atoms with Gasteiger partial charge < -0.3 is 14.5 Å². The first-order chi connectivity index (χ1) is 13.9. The third-order valence-electron chi connectivity index (χ3n) is 4.47. The Labute approximate surface area is 186 Å². The van der Waals surface area contributed by atoms with Gasteiger partial charge in [-0.2, -0.15) is 0 Å². The second-order valence-corrected chi connectivity index (χ2v) is 8.77. The van der Waals surface area contributed by atoms with Gasteiger partial charge in [0.15, 0.2) is 4.84 Å². The highest BCUT2D eigenvalue weighted by molar-refractivity contribution is 7.10. The van der Waals surface area contributed by atoms with E-state index in [1.54, 1.807) is 23.3 Å². The van der Waals surface area contributed by atoms with Crippen LogP contribution in [0.1, 0.15) is 22.4 Å². The Bertz CT molecular complexity index is 783. The lowest BCUT2D eigenvalue weighted by Crippen LogP contribution is -2.44. The van der Waals surface area contributed by atoms with E-state index in [9.17, 15) is 9.59 Å². The van der Waals surface area contributed by atoms with Crippen molar-refractivity contribution < 1.29 is 14.3 Å². The zero-order valence-electron chi connectivity index (χ0n) is 16.6. The highest BCUT2D eigenvalue weighted by atomic mass is 35.5. The van der Waals surface area contributed by atoms with E-state index in [0.717, 1.165) is 16.0 Å². The zero-order valence-corrected chi connectivity index (χ0v) is 19.0. The van der Waals surface area contributed by atoms with Crippen molar-refractivity contribution in [3.05, 3.63) is 57.8 Å². The van der Waals surface area contributed by atoms with Gasteiger partial charge in [-0.1, -0.05) is 53.5 Å². The molecule has 0 radical (unpaired) electrons. The molecule has 5 nitrogen and oxygen atoms in total. The Morgan fingerprint density at radius 3 is 2.41 bits per heavy atom. The number of nitrogens with zero attached hydrogens (tertiary/aromatic N) is 2. The van der Waals surface area contributed by atoms with Gasteiger partial charge in [0.1, 0.15) is 0 Å². The molecule has 2 rings (SSSR count). The SMILES string of the molecule is COCCCN(CC(=O)N(Cc1ccccc1)Cc1sccc1C)C(=O)C(Cl)Cl. The van der Waals surface area contributed by atoms with Crippen LogP contribution in [0.25, 0.3) is 0 Å². The first kappa shape index (κ1) is 23.7. The smallest absolute Gasteiger partial charge is 0.256 e. The second-order valence-electron chi connectivity index (χ2n) is 6.67. The van der Waals surface area contributed by atoms with E-state index >= 15 is 0 Å². The van der Waals surface area contributed by atoms with Crippen molar-refractivity contribution in [1.29, 1.82) is 0 Å². The summed E-state index contributed by atoms with van der Waals surface area (Å²) in [5.41, 5.74) is 2.18. The van der Waals surface area contributed by atoms with Crippen molar-refractivity contribution in [2.75, 3.05) is 26.8 Å². The third kappa shape index (κ3) is 7.63. The number of carbonyl (C=O) groups is 2. The average Bonchev–Trinajstić information content (AvgIpc) is 3.11. The van der Waals surface area contributed by atoms with Crippen LogP contribution in [0.3, 0.4) is 0 Å². The van der Waals surface area contributed by atoms with Gasteiger partial charge in [-0.05, 0) is 35.9 Å². The molecule has 0 N–H and O–H groups in total. The topological polar surface area (TPSA) is 49.9 Å². The molecule has 1 heterocycles. The molecule has 0 unspecified atom stereocenters. The number of halogens is 2. The summed E-state index contributed by atoms with van der Waals surface area (Å²) in [4.78, 5) is 28.6. The lowest BCUT2D eigenvalue weighted by molar-refractivity contribution is -0.140. The molecule has 1 aromatic heterocycles. The number of methoxy groups -OCH3 is 1. The molecule has 0 fully saturated rings. The molecule has 2 amide bonds. The summed E-state index contributed by atoms with van der Waals surface area (Å²) in [5, 5.41) is 2.02. The van der Waals surface area contributed by atoms with E-state index in [-0.39, 0.29) is 12.5 Å². The van der Waals surface area contributed by atoms with Crippen LogP contribution in [-0.2, 0) is 27.4 Å². The molecule has 158 valence electrons. The molecule has 0 aliphatic rings. The van der Waals surface area contributed by atoms with Crippen LogP contribution in [0, 0.1) is 6.92 Å². The number of hydrogen-bond donors (Lipinski definition) is 0. The van der Waals surface area contributed by atoms with Crippen molar-refractivity contribution in [3.8, 4) is 0 Å². The van der Waals surface area contributed by atoms with E-state index in [1.165, 1.54) is 4.90 Å². The summed E-state index contributed by atoms with van der Waals surface area (Å²) in [6, 6.07) is 11.8. The fourth-order valence-electron chi connectivity index (χ4n) is 2.84. The molecule has 0 saturated heterocycles. The number of alkyl halides is 2. The van der Waals surface area contributed by atoms with E-state index in [1.807, 2.05) is 48.7 Å². The first-order valence-corrected chi connectivity index (χ1v) is 11.1. The lowest BCUT2D eigenvalue weighted by atomic mass is 10.2. The van der Waals surface area contributed by atoms with Gasteiger partial charge in [-0.3, -0.25) is 9.59 Å². The minimum atomic E-state index is -1.20. The predicted molar refractivity (Wildman–Crippen MR) is 118 cm³/mol. The molecule has 0 spiro atoms. The maximum atomic E-state index is 13.2. The molecule has 29 heavy (non-hydrogen) atoms. The van der Waals surface area contributed by atoms with Gasteiger partial charge in [-0.15, -0.1) is 11.3 Å². The largest absolute Gasteiger partial charge is 0.385 e. The standard InChI is InChI=1S/C21H26Cl2N2O3S/c1-16-9-12-29-18(16)14-25(13-17-7-4-3-5-8-17)19(26)15-24(10-6-11-28-2)21(27)20(22)23/h3-5,7-9,12,20H,6,10-11,13-15H2,1-2H3. The summed E-state index contributed by atoms with van der Waals surface area (Å²) in [6.45, 7) is 3.74. The Balaban J connectivity index is 2.16. The number of hydrogen-bond acceptors (Lipinski definition) is 4. The maximum absolute atomic E-state index is 13.2. The molecular weight excluding hydrogens is 431 g/mol. The van der Waals surface area contributed by atoms with Crippen LogP contribution in [0.15, 0.2) is 41.8 Å². The van der Waals surface area contributed by atoms with Crippen LogP contribution < -0.4 is 0 Å². The number of ether oxygens (including phenoxy) is 1. The van der Waals surface area contributed by atoms with Gasteiger partial charge in [-0.25, -0.2) is 0 Å². The van der Waals surface area contributed by atoms with Gasteiger partial charge in [0, 0.05) is 31.7 Å². The summed E-state index contributed by atoms with van der Waals surface area (Å²) >= 11 is 13.2. The Kier molecular flexibility index (Phi) is 9.94. The summed E-state index contributed by atoms with van der Waals surface area (Å²) in [7, 11) is 1.59. The van der Waals surface area contributed by atoms with Crippen molar-refractivity contribution in [2.24, 2.45) is 0 Å². The van der Waals surface area contributed by atoms with Crippen molar-refractivity contribution >= 4 is 46.4 Å². The molecule has 2 aromatic rings. The molecule has 0 aliphatic heterocycles. The monoisotopic (exact) mass is 456 g/mol. The van der Waals surface area contributed by atoms with Gasteiger partial charge in [0.25, 0.3) is 5.91 Å². The van der Waals surface area contributed by atoms with Crippen molar-refractivity contribution in [2.45, 2.75) is 31.3 Å². The van der Waals surface area contributed by atoms with E-state index in [2.05, 4.69) is 0 Å². The van der Waals surface area contributed by atoms with E-state index < -0.39 is 10.7 Å². The molecular formula is C21H26Cl2N2O3S. The Morgan fingerprint density at radius 2 is 1.83 bits per heavy atom. The van der Waals surface area contributed by atoms with E-state index in [0.29, 0.717) is 32.7 Å². The number of carbonyl (C=O) groups excluding carboxylic acids is 2. The van der Waals surface area contributed by atoms with E-state index in [4.69, 9.17) is 27.9 Å². The van der Waals surface area contributed by atoms with Gasteiger partial charge in [0.05, 0.1) is 13.1 Å². The maximum Gasteiger partial charge on any atom is 0.256 e. The number of rotatable bonds is 11. The summed E-state index contributed by atoms with van der Waals surface area (Å²) in [6.07, 6.45) is 0.596. The predicted octanol–water partition coefficient (Wildman–Crippen LogP) is 4.25. The fourth-order valence-corrected chi connectivity index (χ4v) is 4.04. The van der Waals surface area contributed by atoms with Crippen LogP contribution in [-0.4, -0.2) is 53.3 Å². The molecule has 0 saturated carbocycles. The summed E-state index contributed by atoms with van der Waals surface area (Å²) < 4.78 is 5.05. The first-order valence-electron chi connectivity index (χ1n) is 9.33. The highest BCUT2D eigenvalue weighted by Crippen LogP contribution is 2.20. The number of amides is 2. The van der Waals surface area contributed by atoms with Gasteiger partial charge >= 0.3 is 0 Å². The minimum Gasteiger partial charge on any atom is -0.385 e. The molecule has 1 aromatic carbocycles. The zero-order chi connectivity index (χ0) is 21.2. The molecule has 0 atom stereocenters. The van der Waals surface area contributed by atoms with Crippen LogP contribution >= 0.6 is 34.5 Å². The Morgan fingerprint density at radius 1 is 1.10 bits per heavy atom. The van der Waals surface area contributed by atoms with Crippen LogP contribution in [0.4, 0.5) is 0 Å². The van der Waals surface area contributed by atoms with Gasteiger partial charge in [0.2, 0.25) is 5.91 Å². The second kappa shape index (κ2) is 12.2. The lowest BCUT2D eigenvalue weighted by Gasteiger charge is -2.28. The Hall–Kier alpha value is -1.60. The average molecular weight is 457 g/mol. The normalized spacial score (nSPS) is 10.9. The molecule has 0 bridgehead atoms. The number of aryl methyl sites for hydroxylation is 1. The molecule has 8 heteroatoms. The number of benzene rings is 1. The van der Waals surface area contributed by atoms with Crippen molar-refractivity contribution in [3.63, 3.8) is 0 Å². The third-order valence-corrected chi connectivity index (χ3v) is 5.85. The number of thiophene rings is 1. The fraction of sp³-hybridized carbons (Fsp3) is 0.429. The van der Waals surface area contributed by atoms with Crippen LogP contribution in [0.5, 0.6) is 0 Å². The highest BCUT2D eigenvalue weighted by Gasteiger charge is 2.25. The minimum absolute atomic E-state index is 0.0737. The van der Waals surface area contributed by atoms with Crippen molar-refractivity contribution in [1.82, 2.24) is 9.80 Å². The summed E-state index contributed by atoms with van der Waals surface area (Å²) in [5.74, 6) is -0.619. The quantitative estimate of drug-likeness (QED) is 0.375. The van der Waals surface area contributed by atoms with Crippen LogP contribution in [0.2, 0.25) is 0 Å².